The summed E-state index contributed by atoms with van der Waals surface area (Å²) >= 11 is 19.0. The fourth-order valence-corrected chi connectivity index (χ4v) is 19.7. The predicted molar refractivity (Wildman–Crippen MR) is 435 cm³/mol. The molecule has 3 aromatic heterocycles. The molecule has 4 aliphatic rings. The molecule has 11 aromatic rings. The Morgan fingerprint density at radius 3 is 1.90 bits per heavy atom. The highest BCUT2D eigenvalue weighted by atomic mass is 35.5. The first-order chi connectivity index (χ1) is 51.4. The van der Waals surface area contributed by atoms with E-state index in [1.54, 1.807) is 28.8 Å². The summed E-state index contributed by atoms with van der Waals surface area (Å²) in [7, 11) is -6.68. The van der Waals surface area contributed by atoms with Crippen molar-refractivity contribution < 1.29 is 58.7 Å². The van der Waals surface area contributed by atoms with Gasteiger partial charge < -0.3 is 38.1 Å². The third kappa shape index (κ3) is 18.3. The maximum absolute atomic E-state index is 11.5. The Morgan fingerprint density at radius 2 is 1.21 bits per heavy atom. The van der Waals surface area contributed by atoms with Crippen LogP contribution in [0.2, 0.25) is 10.0 Å². The van der Waals surface area contributed by atoms with Crippen molar-refractivity contribution in [3.63, 3.8) is 0 Å². The number of carboxylic acids is 1. The zero-order chi connectivity index (χ0) is 75.3. The summed E-state index contributed by atoms with van der Waals surface area (Å²) in [6, 6.07) is 60.7. The van der Waals surface area contributed by atoms with Gasteiger partial charge in [0, 0.05) is 81.3 Å². The van der Waals surface area contributed by atoms with Gasteiger partial charge in [-0.15, -0.1) is 0 Å². The fourth-order valence-electron chi connectivity index (χ4n) is 13.7. The topological polar surface area (TPSA) is 195 Å². The van der Waals surface area contributed by atoms with E-state index in [2.05, 4.69) is 135 Å². The van der Waals surface area contributed by atoms with Crippen LogP contribution in [-0.4, -0.2) is 68.2 Å². The van der Waals surface area contributed by atoms with Crippen LogP contribution in [0.3, 0.4) is 0 Å². The van der Waals surface area contributed by atoms with E-state index in [1.807, 2.05) is 148 Å². The lowest BCUT2D eigenvalue weighted by molar-refractivity contribution is -0.665. The molecule has 0 unspecified atom stereocenters. The lowest BCUT2D eigenvalue weighted by atomic mass is 9.75. The molecule has 1 aliphatic carbocycles. The van der Waals surface area contributed by atoms with Gasteiger partial charge in [0.1, 0.15) is 23.0 Å². The molecule has 0 spiro atoms. The van der Waals surface area contributed by atoms with Gasteiger partial charge in [-0.3, -0.25) is 0 Å². The number of benzene rings is 8. The van der Waals surface area contributed by atoms with Gasteiger partial charge in [0.2, 0.25) is 29.0 Å². The molecule has 8 aromatic carbocycles. The second-order valence-corrected chi connectivity index (χ2v) is 35.1. The molecule has 0 fully saturated rings. The fraction of sp³-hybridized carbons (Fsp3) is 0.229. The van der Waals surface area contributed by atoms with E-state index in [9.17, 15) is 35.8 Å². The zero-order valence-corrected chi connectivity index (χ0v) is 66.2. The molecular formula is C83H79Cl2N6O10S6+. The van der Waals surface area contributed by atoms with Gasteiger partial charge >= 0.3 is 11.9 Å². The smallest absolute Gasteiger partial charge is 0.374 e. The van der Waals surface area contributed by atoms with Crippen LogP contribution >= 0.6 is 69.4 Å². The summed E-state index contributed by atoms with van der Waals surface area (Å²) in [6.45, 7) is 13.7. The summed E-state index contributed by atoms with van der Waals surface area (Å²) < 4.78 is 88.2. The number of ether oxygens (including phenoxy) is 1. The first-order valence-electron chi connectivity index (χ1n) is 35.2. The van der Waals surface area contributed by atoms with Crippen molar-refractivity contribution in [2.45, 2.75) is 89.6 Å². The number of aryl methyl sites for hydroxylation is 2. The van der Waals surface area contributed by atoms with Crippen molar-refractivity contribution in [1.29, 1.82) is 0 Å². The molecule has 550 valence electrons. The summed E-state index contributed by atoms with van der Waals surface area (Å²) in [5.41, 5.74) is 15.2. The maximum Gasteiger partial charge on any atom is 0.374 e. The first kappa shape index (κ1) is 76.4. The SMILES string of the molecule is CCC(=Cc1oc2ccc(-c3ccccc3)cc2[n+]1C)C=C1Oc2ccc(-c3ccccc3)cc2N1CCCS(=O)(=O)[O-].CCN1C(=CC2=CC(=Cc3sc4ccccc4[n+]3CC)CC(C)(C)C2)Sc2ccccc21.O=C(O)C[n+]1c(C=C2Sc3ccc(Cl)cc3N2CCCS(=O)(=O)[O-])sc2ccc(Cl)cc21. The zero-order valence-electron chi connectivity index (χ0n) is 59.8. The van der Waals surface area contributed by atoms with E-state index in [0.29, 0.717) is 57.6 Å². The molecular weight excluding hydrogens is 1500 g/mol. The van der Waals surface area contributed by atoms with E-state index >= 15 is 0 Å². The summed E-state index contributed by atoms with van der Waals surface area (Å²) in [5, 5.41) is 14.6. The summed E-state index contributed by atoms with van der Waals surface area (Å²) in [4.78, 5) is 20.1. The molecule has 24 heteroatoms. The number of hydrogen-bond donors (Lipinski definition) is 1. The second kappa shape index (κ2) is 33.0. The Kier molecular flexibility index (Phi) is 23.5. The highest BCUT2D eigenvalue weighted by Crippen LogP contribution is 2.50. The highest BCUT2D eigenvalue weighted by Gasteiger charge is 2.33. The molecule has 15 rings (SSSR count). The van der Waals surface area contributed by atoms with Gasteiger partial charge in [-0.1, -0.05) is 193 Å². The Hall–Kier alpha value is -8.78. The number of para-hydroxylation sites is 2. The van der Waals surface area contributed by atoms with Crippen LogP contribution in [0.15, 0.2) is 247 Å². The normalized spacial score (nSPS) is 16.3. The number of aliphatic carboxylic acids is 1. The van der Waals surface area contributed by atoms with Gasteiger partial charge in [-0.2, -0.15) is 13.7 Å². The van der Waals surface area contributed by atoms with E-state index in [-0.39, 0.29) is 24.8 Å². The number of aromatic nitrogens is 3. The van der Waals surface area contributed by atoms with Crippen molar-refractivity contribution in [2.75, 3.05) is 45.8 Å². The minimum atomic E-state index is -4.33. The lowest BCUT2D eigenvalue weighted by Gasteiger charge is -2.31. The lowest BCUT2D eigenvalue weighted by Crippen LogP contribution is -2.39. The number of thiazole rings is 2. The van der Waals surface area contributed by atoms with Crippen LogP contribution in [0.25, 0.3) is 72.0 Å². The molecule has 0 saturated carbocycles. The number of carboxylic acid groups (broad SMARTS) is 1. The molecule has 0 amide bonds. The Bertz CT molecular complexity index is 5650. The van der Waals surface area contributed by atoms with Gasteiger partial charge in [-0.25, -0.2) is 21.6 Å². The number of fused-ring (bicyclic) bond motifs is 6. The summed E-state index contributed by atoms with van der Waals surface area (Å²) in [6.07, 6.45) is 16.4. The molecule has 6 heterocycles. The number of rotatable bonds is 20. The molecule has 16 nitrogen and oxygen atoms in total. The van der Waals surface area contributed by atoms with Crippen LogP contribution in [-0.2, 0) is 45.2 Å². The molecule has 3 aliphatic heterocycles. The van der Waals surface area contributed by atoms with Crippen LogP contribution in [0.4, 0.5) is 17.1 Å². The van der Waals surface area contributed by atoms with Crippen LogP contribution in [0, 0.1) is 5.41 Å². The van der Waals surface area contributed by atoms with E-state index in [1.165, 1.54) is 65.1 Å². The van der Waals surface area contributed by atoms with Crippen molar-refractivity contribution in [3.05, 3.63) is 259 Å². The van der Waals surface area contributed by atoms with Crippen molar-refractivity contribution >= 4 is 162 Å². The van der Waals surface area contributed by atoms with Crippen molar-refractivity contribution in [2.24, 2.45) is 12.5 Å². The number of halogens is 2. The number of oxazole rings is 1. The molecule has 0 radical (unpaired) electrons. The average Bonchev–Trinajstić information content (AvgIpc) is 1.63. The van der Waals surface area contributed by atoms with Gasteiger partial charge in [0.15, 0.2) is 5.75 Å². The van der Waals surface area contributed by atoms with Crippen molar-refractivity contribution in [1.82, 2.24) is 0 Å². The number of thioether (sulfide) groups is 2. The number of allylic oxidation sites excluding steroid dienone is 6. The third-order valence-corrected chi connectivity index (χ3v) is 25.1. The van der Waals surface area contributed by atoms with Gasteiger partial charge in [0.25, 0.3) is 15.5 Å². The van der Waals surface area contributed by atoms with Crippen LogP contribution in [0.5, 0.6) is 5.75 Å². The van der Waals surface area contributed by atoms with Crippen molar-refractivity contribution in [3.8, 4) is 28.0 Å². The second-order valence-electron chi connectivity index (χ2n) is 26.9. The standard InChI is InChI=1S/C35H32N2O5S.C28H31N2S2.C20H16Cl2N2O5S3/c1-3-25(21-34-36(2)30-23-28(15-17-32(30)41-34)26-11-6-4-7-12-26)22-35-37(19-10-20-43(38,39)40)31-24-29(16-18-33(31)42-35)27-13-8-5-9-14-27;1-5-29-22-11-7-9-13-24(22)31-26(29)16-20-15-21(19-28(3,4)18-20)17-27-30(6-2)23-12-8-10-14-25(23)32-27;21-12-2-4-16-14(8-12)23(6-1-7-32(27,28)29)18(30-16)10-19-24(11-20(25)26)15-9-13(22)3-5-17(15)31-19/h4-9,11-18,21-24H,3,10,19-20H2,1-2H3;7-17H,5-6,18-19H2,1-4H3;2-5,8-10H,1,6-7,11H2,(H-,25,26,27,28,29)/q;+1;. The van der Waals surface area contributed by atoms with E-state index in [4.69, 9.17) is 32.4 Å². The number of carbonyl (C=O) groups is 1. The number of anilines is 3. The maximum atomic E-state index is 11.5. The van der Waals surface area contributed by atoms with E-state index in [0.717, 1.165) is 90.9 Å². The molecule has 0 atom stereocenters. The minimum absolute atomic E-state index is 0.146. The van der Waals surface area contributed by atoms with Gasteiger partial charge in [0.05, 0.1) is 59.5 Å². The molecule has 0 bridgehead atoms. The predicted octanol–water partition coefficient (Wildman–Crippen LogP) is 19.3. The summed E-state index contributed by atoms with van der Waals surface area (Å²) in [5.74, 6) is 0.0370. The van der Waals surface area contributed by atoms with Crippen LogP contribution < -0.4 is 33.1 Å². The minimum Gasteiger partial charge on any atom is -0.748 e. The molecule has 0 saturated heterocycles. The van der Waals surface area contributed by atoms with E-state index < -0.39 is 37.7 Å². The first-order valence-corrected chi connectivity index (χ1v) is 42.4. The molecule has 1 N–H and O–H groups in total. The quantitative estimate of drug-likeness (QED) is 0.0558. The Morgan fingerprint density at radius 1 is 0.607 bits per heavy atom. The highest BCUT2D eigenvalue weighted by molar-refractivity contribution is 8.04. The largest absolute Gasteiger partial charge is 0.748 e. The van der Waals surface area contributed by atoms with Gasteiger partial charge in [-0.05, 0) is 163 Å². The average molecular weight is 1580 g/mol. The number of hydrogen-bond acceptors (Lipinski definition) is 16. The third-order valence-electron chi connectivity index (χ3n) is 18.6. The Balaban J connectivity index is 0.000000144. The monoisotopic (exact) mass is 1580 g/mol. The van der Waals surface area contributed by atoms with Crippen LogP contribution in [0.1, 0.15) is 82.6 Å². The molecule has 107 heavy (non-hydrogen) atoms. The Labute approximate surface area is 650 Å². The number of nitrogens with zero attached hydrogens (tertiary/aromatic N) is 6.